The molecule has 0 bridgehead atoms. The Hall–Kier alpha value is -1.93. The third-order valence-electron chi connectivity index (χ3n) is 4.36. The number of ether oxygens (including phenoxy) is 1. The van der Waals surface area contributed by atoms with Crippen molar-refractivity contribution < 1.29 is 17.9 Å². The maximum absolute atomic E-state index is 12.8. The van der Waals surface area contributed by atoms with Crippen molar-refractivity contribution in [2.75, 3.05) is 7.11 Å². The molecule has 2 aromatic rings. The first kappa shape index (κ1) is 18.8. The van der Waals surface area contributed by atoms with Crippen LogP contribution in [0.1, 0.15) is 42.5 Å². The molecule has 1 saturated carbocycles. The first-order valence-corrected chi connectivity index (χ1v) is 10.8. The average molecular weight is 393 g/mol. The predicted octanol–water partition coefficient (Wildman–Crippen LogP) is 2.87. The van der Waals surface area contributed by atoms with Gasteiger partial charge in [-0.05, 0) is 37.1 Å². The number of esters is 1. The molecular weight excluding hydrogens is 372 g/mol. The Morgan fingerprint density at radius 1 is 1.00 bits per heavy atom. The van der Waals surface area contributed by atoms with Gasteiger partial charge in [-0.3, -0.25) is 4.21 Å². The van der Waals surface area contributed by atoms with Gasteiger partial charge in [0, 0.05) is 5.25 Å². The fourth-order valence-electron chi connectivity index (χ4n) is 2.98. The zero-order chi connectivity index (χ0) is 18.5. The van der Waals surface area contributed by atoms with Crippen molar-refractivity contribution in [3.8, 4) is 0 Å². The summed E-state index contributed by atoms with van der Waals surface area (Å²) in [7, 11) is -1.60. The summed E-state index contributed by atoms with van der Waals surface area (Å²) in [5, 5.41) is 8.79. The number of rotatable bonds is 5. The lowest BCUT2D eigenvalue weighted by molar-refractivity contribution is 0.0596. The molecule has 3 rings (SSSR count). The fraction of sp³-hybridized carbons (Fsp3) is 0.389. The largest absolute Gasteiger partial charge is 0.465 e. The predicted molar refractivity (Wildman–Crippen MR) is 97.8 cm³/mol. The molecule has 0 N–H and O–H groups in total. The van der Waals surface area contributed by atoms with E-state index in [9.17, 15) is 13.2 Å². The number of methoxy groups -OCH3 is 1. The lowest BCUT2D eigenvalue weighted by atomic mass is 10.0. The molecule has 1 fully saturated rings. The van der Waals surface area contributed by atoms with Crippen LogP contribution >= 0.6 is 0 Å². The number of carbonyl (C=O) groups excluding carboxylic acids is 1. The van der Waals surface area contributed by atoms with E-state index in [0.717, 1.165) is 25.7 Å². The van der Waals surface area contributed by atoms with Gasteiger partial charge in [0.05, 0.1) is 28.4 Å². The van der Waals surface area contributed by atoms with Crippen LogP contribution in [0.4, 0.5) is 0 Å². The minimum atomic E-state index is -1.68. The van der Waals surface area contributed by atoms with E-state index in [1.54, 1.807) is 36.4 Å². The molecular formula is C18H20N2O4S2. The minimum absolute atomic E-state index is 0.120. The van der Waals surface area contributed by atoms with Crippen molar-refractivity contribution in [3.05, 3.63) is 42.0 Å². The maximum atomic E-state index is 12.8. The van der Waals surface area contributed by atoms with Crippen LogP contribution in [0, 0.1) is 0 Å². The summed E-state index contributed by atoms with van der Waals surface area (Å²) >= 11 is 0. The Labute approximate surface area is 157 Å². The van der Waals surface area contributed by atoms with Crippen LogP contribution in [0.25, 0.3) is 0 Å². The van der Waals surface area contributed by atoms with Gasteiger partial charge in [-0.1, -0.05) is 31.4 Å². The molecule has 1 aromatic heterocycles. The van der Waals surface area contributed by atoms with Crippen molar-refractivity contribution in [2.45, 2.75) is 52.3 Å². The summed E-state index contributed by atoms with van der Waals surface area (Å²) in [5.74, 6) is -0.558. The Morgan fingerprint density at radius 2 is 1.65 bits per heavy atom. The lowest BCUT2D eigenvalue weighted by Crippen LogP contribution is -2.20. The van der Waals surface area contributed by atoms with Crippen LogP contribution in [0.2, 0.25) is 0 Å². The van der Waals surface area contributed by atoms with Gasteiger partial charge in [0.1, 0.15) is 15.8 Å². The summed E-state index contributed by atoms with van der Waals surface area (Å²) in [6.07, 6.45) is 5.26. The molecule has 8 heteroatoms. The van der Waals surface area contributed by atoms with E-state index < -0.39 is 27.6 Å². The van der Waals surface area contributed by atoms with Gasteiger partial charge < -0.3 is 4.74 Å². The van der Waals surface area contributed by atoms with Gasteiger partial charge in [0.2, 0.25) is 0 Å². The zero-order valence-electron chi connectivity index (χ0n) is 14.4. The molecule has 0 aliphatic heterocycles. The van der Waals surface area contributed by atoms with E-state index >= 15 is 0 Å². The average Bonchev–Trinajstić information content (AvgIpc) is 2.73. The smallest absolute Gasteiger partial charge is 0.339 e. The summed E-state index contributed by atoms with van der Waals surface area (Å²) in [5.41, 5.74) is 0.227. The molecule has 0 amide bonds. The summed E-state index contributed by atoms with van der Waals surface area (Å²) in [6.45, 7) is 0. The fourth-order valence-corrected chi connectivity index (χ4v) is 5.50. The van der Waals surface area contributed by atoms with Crippen LogP contribution in [0.3, 0.4) is 0 Å². The molecule has 6 nitrogen and oxygen atoms in total. The number of nitrogens with zero attached hydrogens (tertiary/aromatic N) is 2. The molecule has 26 heavy (non-hydrogen) atoms. The molecule has 0 saturated heterocycles. The molecule has 1 aromatic carbocycles. The summed E-state index contributed by atoms with van der Waals surface area (Å²) < 4.78 is 30.1. The molecule has 2 unspecified atom stereocenters. The second-order valence-corrected chi connectivity index (χ2v) is 9.10. The molecule has 0 spiro atoms. The van der Waals surface area contributed by atoms with Crippen LogP contribution < -0.4 is 0 Å². The van der Waals surface area contributed by atoms with Crippen LogP contribution in [-0.4, -0.2) is 36.9 Å². The first-order chi connectivity index (χ1) is 12.6. The van der Waals surface area contributed by atoms with E-state index in [2.05, 4.69) is 10.2 Å². The SMILES string of the molecule is COC(=O)c1ccccc1S(=O)c1ccc(S(=O)C2CCCCC2)nn1. The van der Waals surface area contributed by atoms with E-state index in [0.29, 0.717) is 9.92 Å². The number of carbonyl (C=O) groups is 1. The minimum Gasteiger partial charge on any atom is -0.465 e. The molecule has 2 atom stereocenters. The zero-order valence-corrected chi connectivity index (χ0v) is 16.1. The van der Waals surface area contributed by atoms with Crippen molar-refractivity contribution in [1.29, 1.82) is 0 Å². The summed E-state index contributed by atoms with van der Waals surface area (Å²) in [6, 6.07) is 9.70. The van der Waals surface area contributed by atoms with Gasteiger partial charge >= 0.3 is 5.97 Å². The van der Waals surface area contributed by atoms with Crippen molar-refractivity contribution >= 4 is 27.6 Å². The normalized spacial score (nSPS) is 17.4. The first-order valence-electron chi connectivity index (χ1n) is 8.45. The van der Waals surface area contributed by atoms with E-state index in [-0.39, 0.29) is 15.8 Å². The number of hydrogen-bond acceptors (Lipinski definition) is 6. The maximum Gasteiger partial charge on any atom is 0.339 e. The quantitative estimate of drug-likeness (QED) is 0.727. The third kappa shape index (κ3) is 4.07. The Morgan fingerprint density at radius 3 is 2.31 bits per heavy atom. The van der Waals surface area contributed by atoms with Crippen LogP contribution in [0.15, 0.2) is 51.3 Å². The van der Waals surface area contributed by atoms with Gasteiger partial charge in [-0.2, -0.15) is 0 Å². The standard InChI is InChI=1S/C18H20N2O4S2/c1-24-18(21)14-9-5-6-10-15(14)26(23)17-12-11-16(19-20-17)25(22)13-7-3-2-4-8-13/h5-6,9-13H,2-4,7-8H2,1H3. The lowest BCUT2D eigenvalue weighted by Gasteiger charge is -2.20. The van der Waals surface area contributed by atoms with E-state index in [1.807, 2.05) is 0 Å². The topological polar surface area (TPSA) is 86.2 Å². The van der Waals surface area contributed by atoms with Crippen molar-refractivity contribution in [1.82, 2.24) is 10.2 Å². The highest BCUT2D eigenvalue weighted by molar-refractivity contribution is 7.85. The molecule has 138 valence electrons. The van der Waals surface area contributed by atoms with E-state index in [4.69, 9.17) is 4.74 Å². The summed E-state index contributed by atoms with van der Waals surface area (Å²) in [4.78, 5) is 12.2. The Balaban J connectivity index is 1.82. The van der Waals surface area contributed by atoms with Gasteiger partial charge in [-0.15, -0.1) is 10.2 Å². The van der Waals surface area contributed by atoms with Crippen molar-refractivity contribution in [2.24, 2.45) is 0 Å². The Bertz CT molecular complexity index is 833. The molecule has 1 aliphatic rings. The number of hydrogen-bond donors (Lipinski definition) is 0. The number of aromatic nitrogens is 2. The molecule has 0 radical (unpaired) electrons. The molecule has 1 aliphatic carbocycles. The number of benzene rings is 1. The third-order valence-corrected chi connectivity index (χ3v) is 7.42. The highest BCUT2D eigenvalue weighted by Gasteiger charge is 2.23. The van der Waals surface area contributed by atoms with Gasteiger partial charge in [0.25, 0.3) is 0 Å². The van der Waals surface area contributed by atoms with Gasteiger partial charge in [0.15, 0.2) is 5.03 Å². The highest BCUT2D eigenvalue weighted by atomic mass is 32.2. The second-order valence-electron chi connectivity index (χ2n) is 6.02. The molecule has 1 heterocycles. The van der Waals surface area contributed by atoms with Crippen LogP contribution in [-0.2, 0) is 26.3 Å². The van der Waals surface area contributed by atoms with Crippen molar-refractivity contribution in [3.63, 3.8) is 0 Å². The highest BCUT2D eigenvalue weighted by Crippen LogP contribution is 2.25. The van der Waals surface area contributed by atoms with Gasteiger partial charge in [-0.25, -0.2) is 9.00 Å². The van der Waals surface area contributed by atoms with E-state index in [1.165, 1.54) is 13.5 Å². The monoisotopic (exact) mass is 392 g/mol. The van der Waals surface area contributed by atoms with Crippen LogP contribution in [0.5, 0.6) is 0 Å². The Kier molecular flexibility index (Phi) is 6.26. The second kappa shape index (κ2) is 8.64.